The molecule has 0 radical (unpaired) electrons. The zero-order valence-corrected chi connectivity index (χ0v) is 16.6. The standard InChI is InChI=1S/C22H28N4O2/c1-3-23-22(26-14-11-17-7-4-5-8-19(17)16-26)25-13-12-24-21(27)18-9-6-10-20(15-18)28-2/h4-10,15H,3,11-14,16H2,1-2H3,(H,23,25)(H,24,27). The lowest BCUT2D eigenvalue weighted by molar-refractivity contribution is 0.0954. The van der Waals surface area contributed by atoms with Crippen molar-refractivity contribution in [1.82, 2.24) is 15.5 Å². The van der Waals surface area contributed by atoms with Crippen LogP contribution in [-0.4, -0.2) is 50.1 Å². The van der Waals surface area contributed by atoms with E-state index in [1.54, 1.807) is 19.2 Å². The molecule has 2 N–H and O–H groups in total. The number of nitrogens with zero attached hydrogens (tertiary/aromatic N) is 2. The molecule has 1 aliphatic heterocycles. The number of carbonyl (C=O) groups is 1. The van der Waals surface area contributed by atoms with Crippen LogP contribution in [0.2, 0.25) is 0 Å². The summed E-state index contributed by atoms with van der Waals surface area (Å²) in [6, 6.07) is 15.7. The maximum absolute atomic E-state index is 12.3. The molecule has 0 bridgehead atoms. The Labute approximate surface area is 166 Å². The molecule has 0 unspecified atom stereocenters. The lowest BCUT2D eigenvalue weighted by Crippen LogP contribution is -2.44. The van der Waals surface area contributed by atoms with Gasteiger partial charge in [-0.15, -0.1) is 0 Å². The summed E-state index contributed by atoms with van der Waals surface area (Å²) in [5.74, 6) is 1.45. The van der Waals surface area contributed by atoms with Gasteiger partial charge in [-0.25, -0.2) is 0 Å². The van der Waals surface area contributed by atoms with Gasteiger partial charge in [0, 0.05) is 31.7 Å². The van der Waals surface area contributed by atoms with E-state index < -0.39 is 0 Å². The molecule has 0 aromatic heterocycles. The number of carbonyl (C=O) groups excluding carboxylic acids is 1. The van der Waals surface area contributed by atoms with Crippen LogP contribution < -0.4 is 15.4 Å². The molecule has 2 aromatic rings. The predicted molar refractivity (Wildman–Crippen MR) is 112 cm³/mol. The summed E-state index contributed by atoms with van der Waals surface area (Å²) in [6.07, 6.45) is 1.02. The molecule has 0 saturated carbocycles. The number of benzene rings is 2. The Balaban J connectivity index is 1.55. The van der Waals surface area contributed by atoms with E-state index in [0.29, 0.717) is 24.4 Å². The molecule has 0 atom stereocenters. The van der Waals surface area contributed by atoms with E-state index in [-0.39, 0.29) is 5.91 Å². The second kappa shape index (κ2) is 9.78. The Morgan fingerprint density at radius 1 is 1.14 bits per heavy atom. The number of aliphatic imine (C=N–C) groups is 1. The van der Waals surface area contributed by atoms with Crippen molar-refractivity contribution in [3.05, 3.63) is 65.2 Å². The largest absolute Gasteiger partial charge is 0.497 e. The van der Waals surface area contributed by atoms with Crippen LogP contribution in [0.5, 0.6) is 5.75 Å². The minimum atomic E-state index is -0.119. The van der Waals surface area contributed by atoms with Gasteiger partial charge >= 0.3 is 0 Å². The number of rotatable bonds is 6. The fourth-order valence-electron chi connectivity index (χ4n) is 3.30. The number of hydrogen-bond donors (Lipinski definition) is 2. The van der Waals surface area contributed by atoms with E-state index in [2.05, 4.69) is 46.7 Å². The smallest absolute Gasteiger partial charge is 0.251 e. The van der Waals surface area contributed by atoms with Crippen LogP contribution in [0.25, 0.3) is 0 Å². The van der Waals surface area contributed by atoms with Gasteiger partial charge in [0.15, 0.2) is 5.96 Å². The second-order valence-electron chi connectivity index (χ2n) is 6.66. The lowest BCUT2D eigenvalue weighted by Gasteiger charge is -2.31. The normalized spacial score (nSPS) is 13.6. The van der Waals surface area contributed by atoms with E-state index in [1.165, 1.54) is 11.1 Å². The molecule has 1 aliphatic rings. The Morgan fingerprint density at radius 2 is 1.96 bits per heavy atom. The molecule has 0 spiro atoms. The maximum atomic E-state index is 12.3. The van der Waals surface area contributed by atoms with Gasteiger partial charge in [0.25, 0.3) is 5.91 Å². The van der Waals surface area contributed by atoms with Crippen LogP contribution in [0.4, 0.5) is 0 Å². The van der Waals surface area contributed by atoms with Crippen LogP contribution in [0, 0.1) is 0 Å². The van der Waals surface area contributed by atoms with Gasteiger partial charge in [-0.1, -0.05) is 30.3 Å². The number of hydrogen-bond acceptors (Lipinski definition) is 3. The van der Waals surface area contributed by atoms with Gasteiger partial charge < -0.3 is 20.3 Å². The third-order valence-corrected chi connectivity index (χ3v) is 4.76. The van der Waals surface area contributed by atoms with Crippen molar-refractivity contribution in [2.75, 3.05) is 33.3 Å². The van der Waals surface area contributed by atoms with E-state index in [1.807, 2.05) is 12.1 Å². The third-order valence-electron chi connectivity index (χ3n) is 4.76. The Hall–Kier alpha value is -3.02. The van der Waals surface area contributed by atoms with Crippen molar-refractivity contribution >= 4 is 11.9 Å². The fraction of sp³-hybridized carbons (Fsp3) is 0.364. The third kappa shape index (κ3) is 5.03. The molecule has 148 valence electrons. The zero-order valence-electron chi connectivity index (χ0n) is 16.6. The van der Waals surface area contributed by atoms with E-state index in [4.69, 9.17) is 9.73 Å². The minimum absolute atomic E-state index is 0.119. The number of methoxy groups -OCH3 is 1. The van der Waals surface area contributed by atoms with E-state index >= 15 is 0 Å². The van der Waals surface area contributed by atoms with Crippen molar-refractivity contribution in [2.45, 2.75) is 19.9 Å². The molecule has 2 aromatic carbocycles. The molecule has 1 heterocycles. The number of ether oxygens (including phenoxy) is 1. The number of guanidine groups is 1. The summed E-state index contributed by atoms with van der Waals surface area (Å²) in [5, 5.41) is 6.28. The van der Waals surface area contributed by atoms with Gasteiger partial charge in [0.1, 0.15) is 5.75 Å². The molecule has 6 nitrogen and oxygen atoms in total. The Bertz CT molecular complexity index is 835. The average molecular weight is 380 g/mol. The van der Waals surface area contributed by atoms with Crippen molar-refractivity contribution in [3.8, 4) is 5.75 Å². The number of fused-ring (bicyclic) bond motifs is 1. The van der Waals surface area contributed by atoms with Gasteiger partial charge in [-0.3, -0.25) is 9.79 Å². The van der Waals surface area contributed by atoms with Crippen molar-refractivity contribution < 1.29 is 9.53 Å². The maximum Gasteiger partial charge on any atom is 0.251 e. The topological polar surface area (TPSA) is 66.0 Å². The molecule has 1 amide bonds. The summed E-state index contributed by atoms with van der Waals surface area (Å²) < 4.78 is 5.17. The Morgan fingerprint density at radius 3 is 2.75 bits per heavy atom. The van der Waals surface area contributed by atoms with Crippen LogP contribution >= 0.6 is 0 Å². The summed E-state index contributed by atoms with van der Waals surface area (Å²) in [5.41, 5.74) is 3.36. The van der Waals surface area contributed by atoms with Gasteiger partial charge in [-0.2, -0.15) is 0 Å². The molecule has 0 fully saturated rings. The van der Waals surface area contributed by atoms with Crippen molar-refractivity contribution in [1.29, 1.82) is 0 Å². The molecule has 6 heteroatoms. The minimum Gasteiger partial charge on any atom is -0.497 e. The molecular formula is C22H28N4O2. The molecule has 0 saturated heterocycles. The van der Waals surface area contributed by atoms with Crippen LogP contribution in [-0.2, 0) is 13.0 Å². The highest BCUT2D eigenvalue weighted by Crippen LogP contribution is 2.18. The van der Waals surface area contributed by atoms with E-state index in [0.717, 1.165) is 32.0 Å². The van der Waals surface area contributed by atoms with Crippen LogP contribution in [0.15, 0.2) is 53.5 Å². The highest BCUT2D eigenvalue weighted by molar-refractivity contribution is 5.94. The average Bonchev–Trinajstić information content (AvgIpc) is 2.75. The first kappa shape index (κ1) is 19.7. The SMILES string of the molecule is CCNC(=NCCNC(=O)c1cccc(OC)c1)N1CCc2ccccc2C1. The van der Waals surface area contributed by atoms with Crippen molar-refractivity contribution in [3.63, 3.8) is 0 Å². The fourth-order valence-corrected chi connectivity index (χ4v) is 3.30. The van der Waals surface area contributed by atoms with E-state index in [9.17, 15) is 4.79 Å². The monoisotopic (exact) mass is 380 g/mol. The van der Waals surface area contributed by atoms with Gasteiger partial charge in [0.05, 0.1) is 13.7 Å². The van der Waals surface area contributed by atoms with Crippen molar-refractivity contribution in [2.24, 2.45) is 4.99 Å². The first-order chi connectivity index (χ1) is 13.7. The number of nitrogens with one attached hydrogen (secondary N) is 2. The summed E-state index contributed by atoms with van der Waals surface area (Å²) in [6.45, 7) is 5.69. The van der Waals surface area contributed by atoms with Gasteiger partial charge in [-0.05, 0) is 42.7 Å². The molecular weight excluding hydrogens is 352 g/mol. The first-order valence-corrected chi connectivity index (χ1v) is 9.73. The predicted octanol–water partition coefficient (Wildman–Crippen LogP) is 2.45. The molecule has 3 rings (SSSR count). The molecule has 0 aliphatic carbocycles. The number of amides is 1. The zero-order chi connectivity index (χ0) is 19.8. The second-order valence-corrected chi connectivity index (χ2v) is 6.66. The Kier molecular flexibility index (Phi) is 6.89. The summed E-state index contributed by atoms with van der Waals surface area (Å²) in [4.78, 5) is 19.3. The highest BCUT2D eigenvalue weighted by Gasteiger charge is 2.18. The first-order valence-electron chi connectivity index (χ1n) is 9.73. The lowest BCUT2D eigenvalue weighted by atomic mass is 10.0. The summed E-state index contributed by atoms with van der Waals surface area (Å²) >= 11 is 0. The van der Waals surface area contributed by atoms with Crippen LogP contribution in [0.3, 0.4) is 0 Å². The van der Waals surface area contributed by atoms with Crippen LogP contribution in [0.1, 0.15) is 28.4 Å². The summed E-state index contributed by atoms with van der Waals surface area (Å²) in [7, 11) is 1.59. The van der Waals surface area contributed by atoms with Gasteiger partial charge in [0.2, 0.25) is 0 Å². The quantitative estimate of drug-likeness (QED) is 0.459. The molecule has 28 heavy (non-hydrogen) atoms. The highest BCUT2D eigenvalue weighted by atomic mass is 16.5.